The van der Waals surface area contributed by atoms with Gasteiger partial charge in [-0.1, -0.05) is 30.3 Å². The van der Waals surface area contributed by atoms with Crippen LogP contribution in [0.3, 0.4) is 0 Å². The van der Waals surface area contributed by atoms with E-state index in [9.17, 15) is 4.79 Å². The van der Waals surface area contributed by atoms with Crippen molar-refractivity contribution in [2.24, 2.45) is 0 Å². The summed E-state index contributed by atoms with van der Waals surface area (Å²) in [4.78, 5) is 17.0. The molecule has 0 bridgehead atoms. The number of oxazole rings is 1. The lowest BCUT2D eigenvalue weighted by Crippen LogP contribution is -2.28. The van der Waals surface area contributed by atoms with Crippen molar-refractivity contribution in [3.8, 4) is 0 Å². The number of hydrogen-bond donors (Lipinski definition) is 1. The number of nitrogens with zero attached hydrogens (tertiary/aromatic N) is 5. The maximum absolute atomic E-state index is 12.8. The van der Waals surface area contributed by atoms with E-state index in [1.807, 2.05) is 30.3 Å². The molecule has 0 saturated heterocycles. The van der Waals surface area contributed by atoms with Crippen molar-refractivity contribution in [3.63, 3.8) is 0 Å². The molecule has 1 unspecified atom stereocenters. The number of hydrogen-bond acceptors (Lipinski definition) is 6. The first-order chi connectivity index (χ1) is 11.7. The molecule has 1 aliphatic rings. The third-order valence-electron chi connectivity index (χ3n) is 4.00. The van der Waals surface area contributed by atoms with Gasteiger partial charge >= 0.3 is 6.01 Å². The van der Waals surface area contributed by atoms with Gasteiger partial charge in [0, 0.05) is 5.92 Å². The van der Waals surface area contributed by atoms with E-state index in [4.69, 9.17) is 4.42 Å². The Morgan fingerprint density at radius 3 is 2.79 bits per heavy atom. The molecule has 8 nitrogen and oxygen atoms in total. The lowest BCUT2D eigenvalue weighted by Gasteiger charge is -2.16. The molecular formula is C16H16N6O2. The SMILES string of the molecule is Cc1nnnn1C(C(=O)Nc1ncc(C2CC2)o1)c1ccccc1. The number of amides is 1. The van der Waals surface area contributed by atoms with Crippen molar-refractivity contribution in [3.05, 3.63) is 53.7 Å². The summed E-state index contributed by atoms with van der Waals surface area (Å²) in [5.74, 6) is 1.50. The largest absolute Gasteiger partial charge is 0.428 e. The minimum absolute atomic E-state index is 0.202. The Kier molecular flexibility index (Phi) is 3.56. The van der Waals surface area contributed by atoms with Crippen LogP contribution in [0.15, 0.2) is 40.9 Å². The molecule has 1 saturated carbocycles. The van der Waals surface area contributed by atoms with Crippen LogP contribution in [0.4, 0.5) is 6.01 Å². The molecule has 1 aliphatic carbocycles. The predicted molar refractivity (Wildman–Crippen MR) is 84.2 cm³/mol. The van der Waals surface area contributed by atoms with Gasteiger partial charge in [-0.15, -0.1) is 5.10 Å². The summed E-state index contributed by atoms with van der Waals surface area (Å²) in [5.41, 5.74) is 0.777. The molecule has 4 rings (SSSR count). The van der Waals surface area contributed by atoms with Gasteiger partial charge in [0.25, 0.3) is 5.91 Å². The van der Waals surface area contributed by atoms with Crippen LogP contribution in [-0.2, 0) is 4.79 Å². The Hall–Kier alpha value is -3.03. The van der Waals surface area contributed by atoms with E-state index in [0.717, 1.165) is 24.2 Å². The highest BCUT2D eigenvalue weighted by Gasteiger charge is 2.30. The van der Waals surface area contributed by atoms with Gasteiger partial charge in [-0.3, -0.25) is 10.1 Å². The van der Waals surface area contributed by atoms with E-state index in [1.54, 1.807) is 13.1 Å². The third-order valence-corrected chi connectivity index (χ3v) is 4.00. The summed E-state index contributed by atoms with van der Waals surface area (Å²) in [7, 11) is 0. The van der Waals surface area contributed by atoms with E-state index in [-0.39, 0.29) is 11.9 Å². The molecule has 1 aromatic carbocycles. The van der Waals surface area contributed by atoms with Crippen LogP contribution in [0.1, 0.15) is 41.9 Å². The van der Waals surface area contributed by atoms with Crippen LogP contribution in [0.25, 0.3) is 0 Å². The van der Waals surface area contributed by atoms with Gasteiger partial charge in [0.05, 0.1) is 6.20 Å². The zero-order valence-electron chi connectivity index (χ0n) is 13.1. The van der Waals surface area contributed by atoms with E-state index in [0.29, 0.717) is 11.7 Å². The van der Waals surface area contributed by atoms with Crippen LogP contribution in [0.5, 0.6) is 0 Å². The standard InChI is InChI=1S/C16H16N6O2/c1-10-19-20-21-22(10)14(12-5-3-2-4-6-12)15(23)18-16-17-9-13(24-16)11-7-8-11/h2-6,9,11,14H,7-8H2,1H3,(H,17,18,23). The highest BCUT2D eigenvalue weighted by Crippen LogP contribution is 2.40. The van der Waals surface area contributed by atoms with Gasteiger partial charge in [0.1, 0.15) is 11.6 Å². The summed E-state index contributed by atoms with van der Waals surface area (Å²) in [6.07, 6.45) is 3.89. The molecule has 122 valence electrons. The molecule has 0 aliphatic heterocycles. The molecule has 8 heteroatoms. The topological polar surface area (TPSA) is 98.7 Å². The lowest BCUT2D eigenvalue weighted by molar-refractivity contribution is -0.118. The minimum atomic E-state index is -0.697. The third kappa shape index (κ3) is 2.78. The van der Waals surface area contributed by atoms with E-state index in [2.05, 4.69) is 25.8 Å². The Bertz CT molecular complexity index is 852. The molecule has 3 aromatic rings. The van der Waals surface area contributed by atoms with Crippen molar-refractivity contribution in [1.82, 2.24) is 25.2 Å². The van der Waals surface area contributed by atoms with Gasteiger partial charge in [-0.2, -0.15) is 0 Å². The maximum atomic E-state index is 12.8. The zero-order valence-corrected chi connectivity index (χ0v) is 13.1. The van der Waals surface area contributed by atoms with Crippen LogP contribution in [-0.4, -0.2) is 31.1 Å². The van der Waals surface area contributed by atoms with E-state index in [1.165, 1.54) is 4.68 Å². The molecule has 1 N–H and O–H groups in total. The number of benzene rings is 1. The smallest absolute Gasteiger partial charge is 0.301 e. The highest BCUT2D eigenvalue weighted by molar-refractivity contribution is 5.94. The van der Waals surface area contributed by atoms with Gasteiger partial charge in [0.15, 0.2) is 6.04 Å². The summed E-state index contributed by atoms with van der Waals surface area (Å²) in [6.45, 7) is 1.75. The number of tetrazole rings is 1. The molecule has 1 atom stereocenters. The fourth-order valence-corrected chi connectivity index (χ4v) is 2.59. The molecule has 2 heterocycles. The van der Waals surface area contributed by atoms with Crippen molar-refractivity contribution in [2.45, 2.75) is 31.7 Å². The first-order valence-electron chi connectivity index (χ1n) is 7.78. The monoisotopic (exact) mass is 324 g/mol. The average molecular weight is 324 g/mol. The quantitative estimate of drug-likeness (QED) is 0.771. The first kappa shape index (κ1) is 14.6. The molecule has 0 radical (unpaired) electrons. The van der Waals surface area contributed by atoms with Crippen molar-refractivity contribution < 1.29 is 9.21 Å². The second kappa shape index (κ2) is 5.88. The van der Waals surface area contributed by atoms with E-state index < -0.39 is 6.04 Å². The predicted octanol–water partition coefficient (Wildman–Crippen LogP) is 2.08. The highest BCUT2D eigenvalue weighted by atomic mass is 16.4. The number of carbonyl (C=O) groups excluding carboxylic acids is 1. The Morgan fingerprint density at radius 2 is 2.12 bits per heavy atom. The lowest BCUT2D eigenvalue weighted by atomic mass is 10.1. The average Bonchev–Trinajstić information content (AvgIpc) is 3.21. The van der Waals surface area contributed by atoms with Crippen LogP contribution < -0.4 is 5.32 Å². The van der Waals surface area contributed by atoms with Crippen molar-refractivity contribution in [1.29, 1.82) is 0 Å². The second-order valence-electron chi connectivity index (χ2n) is 5.82. The Labute approximate surface area is 137 Å². The molecule has 0 spiro atoms. The van der Waals surface area contributed by atoms with Crippen LogP contribution >= 0.6 is 0 Å². The van der Waals surface area contributed by atoms with E-state index >= 15 is 0 Å². The fraction of sp³-hybridized carbons (Fsp3) is 0.312. The second-order valence-corrected chi connectivity index (χ2v) is 5.82. The molecule has 24 heavy (non-hydrogen) atoms. The van der Waals surface area contributed by atoms with Gasteiger partial charge in [0.2, 0.25) is 0 Å². The Balaban J connectivity index is 1.62. The number of anilines is 1. The molecule has 2 aromatic heterocycles. The maximum Gasteiger partial charge on any atom is 0.301 e. The number of aromatic nitrogens is 5. The first-order valence-corrected chi connectivity index (χ1v) is 7.78. The van der Waals surface area contributed by atoms with Crippen LogP contribution in [0, 0.1) is 6.92 Å². The summed E-state index contributed by atoms with van der Waals surface area (Å²) in [6, 6.07) is 8.84. The summed E-state index contributed by atoms with van der Waals surface area (Å²) in [5, 5.41) is 14.2. The fourth-order valence-electron chi connectivity index (χ4n) is 2.59. The normalized spacial score (nSPS) is 15.2. The van der Waals surface area contributed by atoms with Crippen LogP contribution in [0.2, 0.25) is 0 Å². The molecule has 1 amide bonds. The minimum Gasteiger partial charge on any atom is -0.428 e. The van der Waals surface area contributed by atoms with Crippen molar-refractivity contribution >= 4 is 11.9 Å². The number of nitrogens with one attached hydrogen (secondary N) is 1. The number of carbonyl (C=O) groups is 1. The van der Waals surface area contributed by atoms with Gasteiger partial charge < -0.3 is 4.42 Å². The zero-order chi connectivity index (χ0) is 16.5. The number of rotatable bonds is 5. The summed E-state index contributed by atoms with van der Waals surface area (Å²) < 4.78 is 7.09. The Morgan fingerprint density at radius 1 is 1.33 bits per heavy atom. The molecular weight excluding hydrogens is 308 g/mol. The molecule has 1 fully saturated rings. The van der Waals surface area contributed by atoms with Crippen molar-refractivity contribution in [2.75, 3.05) is 5.32 Å². The number of aryl methyl sites for hydroxylation is 1. The summed E-state index contributed by atoms with van der Waals surface area (Å²) >= 11 is 0. The van der Waals surface area contributed by atoms with Gasteiger partial charge in [-0.25, -0.2) is 9.67 Å². The van der Waals surface area contributed by atoms with Gasteiger partial charge in [-0.05, 0) is 35.8 Å².